The van der Waals surface area contributed by atoms with Crippen molar-refractivity contribution in [3.8, 4) is 0 Å². The highest BCUT2D eigenvalue weighted by Crippen LogP contribution is 2.26. The molecular weight excluding hydrogens is 245 g/mol. The van der Waals surface area contributed by atoms with E-state index in [1.807, 2.05) is 0 Å². The smallest absolute Gasteiger partial charge is 0.265 e. The van der Waals surface area contributed by atoms with Crippen molar-refractivity contribution < 1.29 is 18.3 Å². The van der Waals surface area contributed by atoms with Crippen molar-refractivity contribution in [2.45, 2.75) is 12.5 Å². The predicted octanol–water partition coefficient (Wildman–Crippen LogP) is 2.10. The van der Waals surface area contributed by atoms with Crippen molar-refractivity contribution in [3.63, 3.8) is 0 Å². The van der Waals surface area contributed by atoms with Gasteiger partial charge in [0.25, 0.3) is 6.43 Å². The Morgan fingerprint density at radius 3 is 2.62 bits per heavy atom. The van der Waals surface area contributed by atoms with E-state index in [1.165, 1.54) is 0 Å². The number of alkyl halides is 2. The first-order chi connectivity index (χ1) is 7.41. The van der Waals surface area contributed by atoms with Gasteiger partial charge >= 0.3 is 0 Å². The van der Waals surface area contributed by atoms with Crippen LogP contribution in [0.15, 0.2) is 12.1 Å². The summed E-state index contributed by atoms with van der Waals surface area (Å²) in [5, 5.41) is 11.1. The minimum absolute atomic E-state index is 0.113. The summed E-state index contributed by atoms with van der Waals surface area (Å²) >= 11 is 5.45. The molecule has 0 radical (unpaired) electrons. The number of halogens is 4. The zero-order valence-electron chi connectivity index (χ0n) is 8.05. The average Bonchev–Trinajstić information content (AvgIpc) is 2.20. The van der Waals surface area contributed by atoms with Crippen molar-refractivity contribution in [2.75, 3.05) is 17.6 Å². The number of rotatable bonds is 4. The number of nitrogens with two attached hydrogens (primary N) is 1. The number of hydrogen-bond acceptors (Lipinski definition) is 3. The summed E-state index contributed by atoms with van der Waals surface area (Å²) in [7, 11) is 0. The molecule has 0 aliphatic rings. The van der Waals surface area contributed by atoms with Gasteiger partial charge in [0.15, 0.2) is 0 Å². The van der Waals surface area contributed by atoms with E-state index >= 15 is 0 Å². The number of anilines is 2. The van der Waals surface area contributed by atoms with Crippen LogP contribution in [0.25, 0.3) is 0 Å². The molecule has 0 amide bonds. The highest BCUT2D eigenvalue weighted by Gasteiger charge is 2.17. The number of nitrogens with one attached hydrogen (secondary N) is 1. The molecule has 16 heavy (non-hydrogen) atoms. The SMILES string of the molecule is Nc1cc(Cl)c(F)cc1NCC(O)C(F)F. The van der Waals surface area contributed by atoms with Crippen molar-refractivity contribution >= 4 is 23.0 Å². The van der Waals surface area contributed by atoms with Gasteiger partial charge in [-0.05, 0) is 6.07 Å². The first kappa shape index (κ1) is 12.9. The van der Waals surface area contributed by atoms with Crippen LogP contribution in [0.2, 0.25) is 5.02 Å². The topological polar surface area (TPSA) is 58.3 Å². The molecule has 0 saturated heterocycles. The van der Waals surface area contributed by atoms with Crippen LogP contribution in [-0.2, 0) is 0 Å². The van der Waals surface area contributed by atoms with Crippen molar-refractivity contribution in [1.82, 2.24) is 0 Å². The molecule has 0 aromatic heterocycles. The Balaban J connectivity index is 2.71. The summed E-state index contributed by atoms with van der Waals surface area (Å²) in [6.45, 7) is -0.428. The second-order valence-electron chi connectivity index (χ2n) is 3.14. The second-order valence-corrected chi connectivity index (χ2v) is 3.54. The minimum atomic E-state index is -2.87. The van der Waals surface area contributed by atoms with E-state index in [4.69, 9.17) is 22.4 Å². The van der Waals surface area contributed by atoms with Crippen LogP contribution >= 0.6 is 11.6 Å². The third-order valence-corrected chi connectivity index (χ3v) is 2.17. The maximum absolute atomic E-state index is 13.0. The molecule has 0 saturated carbocycles. The quantitative estimate of drug-likeness (QED) is 0.721. The summed E-state index contributed by atoms with van der Waals surface area (Å²) < 4.78 is 36.9. The predicted molar refractivity (Wildman–Crippen MR) is 56.3 cm³/mol. The van der Waals surface area contributed by atoms with Gasteiger partial charge < -0.3 is 16.2 Å². The summed E-state index contributed by atoms with van der Waals surface area (Å²) in [5.74, 6) is -0.718. The average molecular weight is 255 g/mol. The lowest BCUT2D eigenvalue weighted by Gasteiger charge is -2.13. The molecule has 0 spiro atoms. The molecule has 0 aliphatic carbocycles. The molecule has 90 valence electrons. The molecule has 0 bridgehead atoms. The molecule has 1 aromatic carbocycles. The molecule has 1 aromatic rings. The van der Waals surface area contributed by atoms with Crippen LogP contribution in [0, 0.1) is 5.82 Å². The molecule has 0 fully saturated rings. The lowest BCUT2D eigenvalue weighted by molar-refractivity contribution is 0.00385. The van der Waals surface area contributed by atoms with E-state index in [2.05, 4.69) is 5.32 Å². The number of aliphatic hydroxyl groups is 1. The van der Waals surface area contributed by atoms with E-state index < -0.39 is 24.9 Å². The number of aliphatic hydroxyl groups excluding tert-OH is 1. The fourth-order valence-electron chi connectivity index (χ4n) is 1.02. The molecule has 1 rings (SSSR count). The molecule has 3 nitrogen and oxygen atoms in total. The van der Waals surface area contributed by atoms with Crippen LogP contribution < -0.4 is 11.1 Å². The number of benzene rings is 1. The standard InChI is InChI=1S/C9H10ClF3N2O/c10-4-1-6(14)7(2-5(4)11)15-3-8(16)9(12)13/h1-2,8-9,15-16H,3,14H2. The Kier molecular flexibility index (Phi) is 4.26. The Morgan fingerprint density at radius 1 is 1.44 bits per heavy atom. The summed E-state index contributed by atoms with van der Waals surface area (Å²) in [6, 6.07) is 2.14. The second kappa shape index (κ2) is 5.27. The Hall–Kier alpha value is -1.14. The van der Waals surface area contributed by atoms with Gasteiger partial charge in [-0.3, -0.25) is 0 Å². The molecule has 4 N–H and O–H groups in total. The van der Waals surface area contributed by atoms with Gasteiger partial charge in [-0.1, -0.05) is 11.6 Å². The highest BCUT2D eigenvalue weighted by molar-refractivity contribution is 6.31. The van der Waals surface area contributed by atoms with Gasteiger partial charge in [-0.2, -0.15) is 0 Å². The van der Waals surface area contributed by atoms with E-state index in [0.29, 0.717) is 0 Å². The van der Waals surface area contributed by atoms with Crippen LogP contribution in [0.5, 0.6) is 0 Å². The number of nitrogen functional groups attached to an aromatic ring is 1. The van der Waals surface area contributed by atoms with Crippen LogP contribution in [0.4, 0.5) is 24.5 Å². The molecular formula is C9H10ClF3N2O. The largest absolute Gasteiger partial charge is 0.397 e. The zero-order valence-corrected chi connectivity index (χ0v) is 8.81. The van der Waals surface area contributed by atoms with Gasteiger partial charge in [-0.25, -0.2) is 13.2 Å². The van der Waals surface area contributed by atoms with E-state index in [1.54, 1.807) is 0 Å². The summed E-state index contributed by atoms with van der Waals surface area (Å²) in [4.78, 5) is 0. The Labute approximate surface area is 95.0 Å². The Bertz CT molecular complexity index is 376. The lowest BCUT2D eigenvalue weighted by atomic mass is 10.2. The molecule has 0 heterocycles. The van der Waals surface area contributed by atoms with Crippen LogP contribution in [-0.4, -0.2) is 24.2 Å². The third-order valence-electron chi connectivity index (χ3n) is 1.88. The maximum atomic E-state index is 13.0. The molecule has 7 heteroatoms. The van der Waals surface area contributed by atoms with Gasteiger partial charge in [-0.15, -0.1) is 0 Å². The van der Waals surface area contributed by atoms with Crippen molar-refractivity contribution in [3.05, 3.63) is 23.0 Å². The number of hydrogen-bond donors (Lipinski definition) is 3. The lowest BCUT2D eigenvalue weighted by Crippen LogP contribution is -2.27. The first-order valence-corrected chi connectivity index (χ1v) is 4.74. The zero-order chi connectivity index (χ0) is 12.3. The fraction of sp³-hybridized carbons (Fsp3) is 0.333. The van der Waals surface area contributed by atoms with Crippen LogP contribution in [0.1, 0.15) is 0 Å². The Morgan fingerprint density at radius 2 is 2.06 bits per heavy atom. The van der Waals surface area contributed by atoms with E-state index in [9.17, 15) is 13.2 Å². The van der Waals surface area contributed by atoms with Gasteiger partial charge in [0.2, 0.25) is 0 Å². The van der Waals surface area contributed by atoms with Crippen molar-refractivity contribution in [2.24, 2.45) is 0 Å². The van der Waals surface area contributed by atoms with E-state index in [0.717, 1.165) is 12.1 Å². The van der Waals surface area contributed by atoms with Crippen LogP contribution in [0.3, 0.4) is 0 Å². The monoisotopic (exact) mass is 254 g/mol. The van der Waals surface area contributed by atoms with Gasteiger partial charge in [0, 0.05) is 12.6 Å². The fourth-order valence-corrected chi connectivity index (χ4v) is 1.19. The first-order valence-electron chi connectivity index (χ1n) is 4.36. The highest BCUT2D eigenvalue weighted by atomic mass is 35.5. The van der Waals surface area contributed by atoms with Gasteiger partial charge in [0.05, 0.1) is 16.4 Å². The van der Waals surface area contributed by atoms with Crippen molar-refractivity contribution in [1.29, 1.82) is 0 Å². The normalized spacial score (nSPS) is 12.9. The minimum Gasteiger partial charge on any atom is -0.397 e. The molecule has 1 unspecified atom stereocenters. The third kappa shape index (κ3) is 3.18. The molecule has 1 atom stereocenters. The van der Waals surface area contributed by atoms with Gasteiger partial charge in [0.1, 0.15) is 11.9 Å². The summed E-state index contributed by atoms with van der Waals surface area (Å²) in [5.41, 5.74) is 5.70. The van der Waals surface area contributed by atoms with E-state index in [-0.39, 0.29) is 16.4 Å². The maximum Gasteiger partial charge on any atom is 0.265 e. The molecule has 0 aliphatic heterocycles. The summed E-state index contributed by atoms with van der Waals surface area (Å²) in [6.07, 6.45) is -4.70.